The zero-order valence-electron chi connectivity index (χ0n) is 21.7. The normalized spacial score (nSPS) is 14.9. The smallest absolute Gasteiger partial charge is 0.261 e. The van der Waals surface area contributed by atoms with Gasteiger partial charge in [0.1, 0.15) is 5.75 Å². The quantitative estimate of drug-likeness (QED) is 0.258. The zero-order valence-corrected chi connectivity index (χ0v) is 23.2. The molecule has 1 fully saturated rings. The van der Waals surface area contributed by atoms with Gasteiger partial charge >= 0.3 is 0 Å². The summed E-state index contributed by atoms with van der Waals surface area (Å²) in [6.45, 7) is 3.65. The monoisotopic (exact) mass is 569 g/mol. The third kappa shape index (κ3) is 5.15. The molecule has 10 heteroatoms. The average Bonchev–Trinajstić information content (AvgIpc) is 3.55. The molecule has 0 saturated carbocycles. The molecule has 1 saturated heterocycles. The number of likely N-dealkylation sites (tertiary alicyclic amines) is 1. The lowest BCUT2D eigenvalue weighted by Crippen LogP contribution is -2.35. The van der Waals surface area contributed by atoms with Crippen molar-refractivity contribution >= 4 is 51.7 Å². The van der Waals surface area contributed by atoms with E-state index in [1.165, 1.54) is 10.6 Å². The number of imide groups is 1. The highest BCUT2D eigenvalue weighted by molar-refractivity contribution is 6.42. The molecule has 3 amide bonds. The first-order chi connectivity index (χ1) is 18.8. The van der Waals surface area contributed by atoms with Crippen LogP contribution in [0.15, 0.2) is 41.2 Å². The van der Waals surface area contributed by atoms with E-state index in [1.54, 1.807) is 35.2 Å². The summed E-state index contributed by atoms with van der Waals surface area (Å²) >= 11 is 12.6. The molecule has 204 valence electrons. The van der Waals surface area contributed by atoms with Crippen molar-refractivity contribution in [1.82, 2.24) is 14.4 Å². The van der Waals surface area contributed by atoms with E-state index in [1.807, 2.05) is 6.92 Å². The predicted octanol–water partition coefficient (Wildman–Crippen LogP) is 5.30. The first-order valence-corrected chi connectivity index (χ1v) is 14.0. The molecule has 3 aromatic rings. The van der Waals surface area contributed by atoms with E-state index < -0.39 is 17.4 Å². The summed E-state index contributed by atoms with van der Waals surface area (Å²) in [5, 5.41) is 1.20. The Hall–Kier alpha value is -3.36. The second-order valence-corrected chi connectivity index (χ2v) is 10.6. The van der Waals surface area contributed by atoms with Gasteiger partial charge < -0.3 is 14.2 Å². The number of carbonyl (C=O) groups is 3. The SMILES string of the molecule is CCCCOc1c(CN2C(=O)c3ccccc3C2=O)n(CCC(=O)N2CCCC2)c(=O)c2cc(Cl)c(Cl)cc12. The van der Waals surface area contributed by atoms with Gasteiger partial charge in [0, 0.05) is 31.4 Å². The van der Waals surface area contributed by atoms with Gasteiger partial charge in [0.05, 0.1) is 45.4 Å². The van der Waals surface area contributed by atoms with Gasteiger partial charge in [0.25, 0.3) is 17.4 Å². The van der Waals surface area contributed by atoms with Gasteiger partial charge in [0.15, 0.2) is 0 Å². The minimum Gasteiger partial charge on any atom is -0.491 e. The van der Waals surface area contributed by atoms with E-state index in [-0.39, 0.29) is 40.8 Å². The van der Waals surface area contributed by atoms with E-state index in [0.29, 0.717) is 47.7 Å². The number of rotatable bonds is 9. The first-order valence-electron chi connectivity index (χ1n) is 13.2. The first kappa shape index (κ1) is 27.2. The molecule has 39 heavy (non-hydrogen) atoms. The number of hydrogen-bond acceptors (Lipinski definition) is 5. The predicted molar refractivity (Wildman–Crippen MR) is 150 cm³/mol. The highest BCUT2D eigenvalue weighted by Crippen LogP contribution is 2.36. The number of unbranched alkanes of at least 4 members (excludes halogenated alkanes) is 1. The number of fused-ring (bicyclic) bond motifs is 2. The molecule has 3 heterocycles. The van der Waals surface area contributed by atoms with Gasteiger partial charge in [-0.25, -0.2) is 0 Å². The van der Waals surface area contributed by atoms with Crippen molar-refractivity contribution < 1.29 is 19.1 Å². The van der Waals surface area contributed by atoms with Gasteiger partial charge in [0.2, 0.25) is 5.91 Å². The molecular formula is C29H29Cl2N3O5. The van der Waals surface area contributed by atoms with E-state index in [2.05, 4.69) is 0 Å². The molecule has 0 N–H and O–H groups in total. The molecule has 2 aliphatic rings. The summed E-state index contributed by atoms with van der Waals surface area (Å²) in [6.07, 6.45) is 3.64. The van der Waals surface area contributed by atoms with Crippen molar-refractivity contribution in [3.8, 4) is 5.75 Å². The number of benzene rings is 2. The fourth-order valence-electron chi connectivity index (χ4n) is 5.20. The number of halogens is 2. The molecule has 2 aliphatic heterocycles. The van der Waals surface area contributed by atoms with Gasteiger partial charge in [-0.1, -0.05) is 48.7 Å². The van der Waals surface area contributed by atoms with Crippen molar-refractivity contribution in [3.05, 3.63) is 73.6 Å². The summed E-state index contributed by atoms with van der Waals surface area (Å²) in [7, 11) is 0. The third-order valence-corrected chi connectivity index (χ3v) is 8.03. The van der Waals surface area contributed by atoms with Crippen LogP contribution in [0.25, 0.3) is 10.8 Å². The van der Waals surface area contributed by atoms with Crippen LogP contribution in [0.3, 0.4) is 0 Å². The van der Waals surface area contributed by atoms with Crippen LogP contribution in [0, 0.1) is 0 Å². The standard InChI is InChI=1S/C29H29Cl2N3O5/c1-2-3-14-39-26-20-15-22(30)23(31)16-21(20)29(38)33(13-10-25(35)32-11-6-7-12-32)24(26)17-34-27(36)18-8-4-5-9-19(18)28(34)37/h4-5,8-9,15-16H,2-3,6-7,10-14,17H2,1H3. The third-order valence-electron chi connectivity index (χ3n) is 7.31. The van der Waals surface area contributed by atoms with E-state index in [4.69, 9.17) is 27.9 Å². The largest absolute Gasteiger partial charge is 0.491 e. The molecule has 0 radical (unpaired) electrons. The minimum absolute atomic E-state index is 0.0474. The number of amides is 3. The lowest BCUT2D eigenvalue weighted by molar-refractivity contribution is -0.130. The van der Waals surface area contributed by atoms with Crippen molar-refractivity contribution in [1.29, 1.82) is 0 Å². The fourth-order valence-corrected chi connectivity index (χ4v) is 5.52. The Morgan fingerprint density at radius 3 is 2.18 bits per heavy atom. The Morgan fingerprint density at radius 1 is 0.949 bits per heavy atom. The van der Waals surface area contributed by atoms with Crippen LogP contribution >= 0.6 is 23.2 Å². The minimum atomic E-state index is -0.448. The van der Waals surface area contributed by atoms with Crippen molar-refractivity contribution in [2.75, 3.05) is 19.7 Å². The average molecular weight is 570 g/mol. The molecule has 8 nitrogen and oxygen atoms in total. The molecule has 0 spiro atoms. The number of hydrogen-bond donors (Lipinski definition) is 0. The Kier molecular flexibility index (Phi) is 7.96. The summed E-state index contributed by atoms with van der Waals surface area (Å²) in [5.41, 5.74) is 0.562. The van der Waals surface area contributed by atoms with Crippen LogP contribution in [0.1, 0.15) is 65.4 Å². The lowest BCUT2D eigenvalue weighted by atomic mass is 10.1. The molecule has 2 aromatic carbocycles. The van der Waals surface area contributed by atoms with Crippen molar-refractivity contribution in [2.24, 2.45) is 0 Å². The Balaban J connectivity index is 1.64. The maximum Gasteiger partial charge on any atom is 0.261 e. The van der Waals surface area contributed by atoms with Gasteiger partial charge in [-0.3, -0.25) is 24.1 Å². The van der Waals surface area contributed by atoms with Crippen LogP contribution in [-0.2, 0) is 17.9 Å². The second kappa shape index (κ2) is 11.4. The summed E-state index contributed by atoms with van der Waals surface area (Å²) in [6, 6.07) is 9.70. The molecule has 0 unspecified atom stereocenters. The van der Waals surface area contributed by atoms with Gasteiger partial charge in [-0.2, -0.15) is 0 Å². The van der Waals surface area contributed by atoms with Crippen molar-refractivity contribution in [2.45, 2.75) is 52.1 Å². The Labute approximate surface area is 236 Å². The molecule has 1 aromatic heterocycles. The van der Waals surface area contributed by atoms with Crippen LogP contribution in [0.4, 0.5) is 0 Å². The highest BCUT2D eigenvalue weighted by Gasteiger charge is 2.37. The number of aromatic nitrogens is 1. The lowest BCUT2D eigenvalue weighted by Gasteiger charge is -2.24. The van der Waals surface area contributed by atoms with Gasteiger partial charge in [-0.05, 0) is 43.5 Å². The zero-order chi connectivity index (χ0) is 27.7. The molecule has 0 atom stereocenters. The van der Waals surface area contributed by atoms with Crippen molar-refractivity contribution in [3.63, 3.8) is 0 Å². The Morgan fingerprint density at radius 2 is 1.56 bits per heavy atom. The maximum atomic E-state index is 13.9. The molecule has 5 rings (SSSR count). The van der Waals surface area contributed by atoms with Crippen LogP contribution in [0.2, 0.25) is 10.0 Å². The molecule has 0 aliphatic carbocycles. The number of pyridine rings is 1. The summed E-state index contributed by atoms with van der Waals surface area (Å²) < 4.78 is 7.69. The molecule has 0 bridgehead atoms. The Bertz CT molecular complexity index is 1490. The summed E-state index contributed by atoms with van der Waals surface area (Å²) in [5.74, 6) is -0.594. The number of carbonyl (C=O) groups excluding carboxylic acids is 3. The van der Waals surface area contributed by atoms with Crippen LogP contribution < -0.4 is 10.3 Å². The number of nitrogens with zero attached hydrogens (tertiary/aromatic N) is 3. The highest BCUT2D eigenvalue weighted by atomic mass is 35.5. The molecular weight excluding hydrogens is 541 g/mol. The second-order valence-electron chi connectivity index (χ2n) is 9.83. The van der Waals surface area contributed by atoms with E-state index in [0.717, 1.165) is 30.6 Å². The summed E-state index contributed by atoms with van der Waals surface area (Å²) in [4.78, 5) is 56.2. The van der Waals surface area contributed by atoms with Crippen LogP contribution in [0.5, 0.6) is 5.75 Å². The van der Waals surface area contributed by atoms with Crippen LogP contribution in [-0.4, -0.2) is 51.8 Å². The van der Waals surface area contributed by atoms with Gasteiger partial charge in [-0.15, -0.1) is 0 Å². The fraction of sp³-hybridized carbons (Fsp3) is 0.379. The topological polar surface area (TPSA) is 88.9 Å². The van der Waals surface area contributed by atoms with E-state index in [9.17, 15) is 19.2 Å². The number of ether oxygens (including phenoxy) is 1. The maximum absolute atomic E-state index is 13.9. The van der Waals surface area contributed by atoms with E-state index >= 15 is 0 Å².